The van der Waals surface area contributed by atoms with Crippen molar-refractivity contribution in [2.45, 2.75) is 45.7 Å². The van der Waals surface area contributed by atoms with Gasteiger partial charge in [0.2, 0.25) is 21.8 Å². The maximum Gasteiger partial charge on any atom is 0.244 e. The molecule has 2 aromatic carbocycles. The lowest BCUT2D eigenvalue weighted by Gasteiger charge is -2.33. The summed E-state index contributed by atoms with van der Waals surface area (Å²) in [5.41, 5.74) is 1.89. The Kier molecular flexibility index (Phi) is 9.79. The summed E-state index contributed by atoms with van der Waals surface area (Å²) < 4.78 is 26.3. The molecule has 0 aliphatic carbocycles. The van der Waals surface area contributed by atoms with Crippen LogP contribution in [0.5, 0.6) is 0 Å². The molecular formula is C24H31Cl2N3O4S. The largest absolute Gasteiger partial charge is 0.357 e. The second-order valence-corrected chi connectivity index (χ2v) is 11.0. The Morgan fingerprint density at radius 1 is 1.03 bits per heavy atom. The van der Waals surface area contributed by atoms with Crippen LogP contribution in [0.1, 0.15) is 44.2 Å². The molecule has 0 fully saturated rings. The molecule has 0 saturated carbocycles. The summed E-state index contributed by atoms with van der Waals surface area (Å²) in [5.74, 6) is -0.646. The summed E-state index contributed by atoms with van der Waals surface area (Å²) in [6.07, 6.45) is 1.36. The molecule has 0 radical (unpaired) electrons. The van der Waals surface area contributed by atoms with Crippen LogP contribution in [0.2, 0.25) is 10.0 Å². The first-order valence-corrected chi connectivity index (χ1v) is 13.5. The zero-order valence-corrected chi connectivity index (χ0v) is 22.3. The van der Waals surface area contributed by atoms with Gasteiger partial charge in [0.1, 0.15) is 12.6 Å². The van der Waals surface area contributed by atoms with Gasteiger partial charge in [-0.05, 0) is 42.2 Å². The van der Waals surface area contributed by atoms with Crippen LogP contribution in [0, 0.1) is 0 Å². The van der Waals surface area contributed by atoms with E-state index in [-0.39, 0.29) is 18.4 Å². The lowest BCUT2D eigenvalue weighted by molar-refractivity contribution is -0.140. The SMILES string of the molecule is CC[C@@H](C(=O)NC)N(Cc1c(Cl)cccc1Cl)C(=O)CN(c1ccc(C(C)C)cc1)S(C)(=O)=O. The Bertz CT molecular complexity index is 1100. The number of carbonyl (C=O) groups is 2. The molecule has 0 bridgehead atoms. The Hall–Kier alpha value is -2.29. The minimum Gasteiger partial charge on any atom is -0.357 e. The van der Waals surface area contributed by atoms with Gasteiger partial charge in [-0.25, -0.2) is 8.42 Å². The fourth-order valence-electron chi connectivity index (χ4n) is 3.58. The Balaban J connectivity index is 2.47. The predicted octanol–water partition coefficient (Wildman–Crippen LogP) is 4.44. The molecule has 0 aromatic heterocycles. The van der Waals surface area contributed by atoms with Gasteiger partial charge in [-0.1, -0.05) is 62.2 Å². The number of carbonyl (C=O) groups excluding carboxylic acids is 2. The molecule has 10 heteroatoms. The van der Waals surface area contributed by atoms with Crippen LogP contribution in [0.25, 0.3) is 0 Å². The molecule has 0 aliphatic heterocycles. The summed E-state index contributed by atoms with van der Waals surface area (Å²) in [6.45, 7) is 5.32. The Labute approximate surface area is 212 Å². The van der Waals surface area contributed by atoms with Crippen molar-refractivity contribution < 1.29 is 18.0 Å². The molecule has 2 rings (SSSR count). The lowest BCUT2D eigenvalue weighted by atomic mass is 10.0. The van der Waals surface area contributed by atoms with Crippen molar-refractivity contribution >= 4 is 50.7 Å². The summed E-state index contributed by atoms with van der Waals surface area (Å²) >= 11 is 12.6. The topological polar surface area (TPSA) is 86.8 Å². The van der Waals surface area contributed by atoms with Crippen molar-refractivity contribution in [3.05, 3.63) is 63.6 Å². The maximum absolute atomic E-state index is 13.6. The van der Waals surface area contributed by atoms with Crippen LogP contribution >= 0.6 is 23.2 Å². The van der Waals surface area contributed by atoms with Crippen molar-refractivity contribution in [1.82, 2.24) is 10.2 Å². The van der Waals surface area contributed by atoms with E-state index in [1.54, 1.807) is 37.3 Å². The highest BCUT2D eigenvalue weighted by Gasteiger charge is 2.32. The van der Waals surface area contributed by atoms with E-state index in [2.05, 4.69) is 5.32 Å². The van der Waals surface area contributed by atoms with Gasteiger partial charge in [0.05, 0.1) is 11.9 Å². The van der Waals surface area contributed by atoms with Crippen molar-refractivity contribution in [2.75, 3.05) is 24.2 Å². The first kappa shape index (κ1) is 28.0. The molecule has 0 aliphatic rings. The smallest absolute Gasteiger partial charge is 0.244 e. The summed E-state index contributed by atoms with van der Waals surface area (Å²) in [7, 11) is -2.31. The number of nitrogens with zero attached hydrogens (tertiary/aromatic N) is 2. The first-order valence-electron chi connectivity index (χ1n) is 10.9. The molecule has 2 amide bonds. The van der Waals surface area contributed by atoms with Crippen LogP contribution in [0.15, 0.2) is 42.5 Å². The second kappa shape index (κ2) is 11.9. The highest BCUT2D eigenvalue weighted by Crippen LogP contribution is 2.28. The summed E-state index contributed by atoms with van der Waals surface area (Å²) in [6, 6.07) is 11.2. The van der Waals surface area contributed by atoms with Gasteiger partial charge >= 0.3 is 0 Å². The number of amides is 2. The zero-order valence-electron chi connectivity index (χ0n) is 20.0. The highest BCUT2D eigenvalue weighted by molar-refractivity contribution is 7.92. The van der Waals surface area contributed by atoms with Crippen molar-refractivity contribution in [3.8, 4) is 0 Å². The van der Waals surface area contributed by atoms with Gasteiger partial charge in [-0.2, -0.15) is 0 Å². The van der Waals surface area contributed by atoms with Crippen molar-refractivity contribution in [2.24, 2.45) is 0 Å². The molecule has 0 spiro atoms. The van der Waals surface area contributed by atoms with Crippen LogP contribution in [-0.2, 0) is 26.2 Å². The zero-order chi connectivity index (χ0) is 25.6. The molecule has 1 atom stereocenters. The quantitative estimate of drug-likeness (QED) is 0.494. The number of anilines is 1. The second-order valence-electron chi connectivity index (χ2n) is 8.28. The molecule has 0 saturated heterocycles. The molecule has 0 unspecified atom stereocenters. The number of sulfonamides is 1. The molecule has 34 heavy (non-hydrogen) atoms. The number of nitrogens with one attached hydrogen (secondary N) is 1. The molecular weight excluding hydrogens is 497 g/mol. The third kappa shape index (κ3) is 6.87. The van der Waals surface area contributed by atoms with Crippen LogP contribution in [-0.4, -0.2) is 51.0 Å². The molecule has 186 valence electrons. The van der Waals surface area contributed by atoms with E-state index < -0.39 is 28.5 Å². The number of likely N-dealkylation sites (N-methyl/N-ethyl adjacent to an activating group) is 1. The minimum atomic E-state index is -3.79. The number of benzene rings is 2. The van der Waals surface area contributed by atoms with E-state index in [9.17, 15) is 18.0 Å². The van der Waals surface area contributed by atoms with E-state index in [1.807, 2.05) is 26.0 Å². The van der Waals surface area contributed by atoms with E-state index in [0.717, 1.165) is 16.1 Å². The Morgan fingerprint density at radius 2 is 1.59 bits per heavy atom. The molecule has 0 heterocycles. The van der Waals surface area contributed by atoms with E-state index in [0.29, 0.717) is 27.7 Å². The van der Waals surface area contributed by atoms with Gasteiger partial charge in [-0.15, -0.1) is 0 Å². The number of halogens is 2. The first-order chi connectivity index (χ1) is 15.9. The molecule has 2 aromatic rings. The van der Waals surface area contributed by atoms with Crippen LogP contribution in [0.4, 0.5) is 5.69 Å². The van der Waals surface area contributed by atoms with Crippen molar-refractivity contribution in [1.29, 1.82) is 0 Å². The number of hydrogen-bond donors (Lipinski definition) is 1. The highest BCUT2D eigenvalue weighted by atomic mass is 35.5. The monoisotopic (exact) mass is 527 g/mol. The standard InChI is InChI=1S/C24H31Cl2N3O4S/c1-6-22(24(31)27-4)28(14-19-20(25)8-7-9-21(19)26)23(30)15-29(34(5,32)33)18-12-10-17(11-13-18)16(2)3/h7-13,16,22H,6,14-15H2,1-5H3,(H,27,31)/t22-/m0/s1. The minimum absolute atomic E-state index is 0.0485. The van der Waals surface area contributed by atoms with E-state index >= 15 is 0 Å². The van der Waals surface area contributed by atoms with Gasteiger partial charge in [0.25, 0.3) is 0 Å². The van der Waals surface area contributed by atoms with Gasteiger partial charge in [0.15, 0.2) is 0 Å². The third-order valence-electron chi connectivity index (χ3n) is 5.55. The third-order valence-corrected chi connectivity index (χ3v) is 7.40. The van der Waals surface area contributed by atoms with Crippen molar-refractivity contribution in [3.63, 3.8) is 0 Å². The van der Waals surface area contributed by atoms with Gasteiger partial charge in [-0.3, -0.25) is 13.9 Å². The van der Waals surface area contributed by atoms with Gasteiger partial charge < -0.3 is 10.2 Å². The van der Waals surface area contributed by atoms with Crippen LogP contribution in [0.3, 0.4) is 0 Å². The fourth-order valence-corrected chi connectivity index (χ4v) is 4.95. The summed E-state index contributed by atoms with van der Waals surface area (Å²) in [5, 5.41) is 3.26. The maximum atomic E-state index is 13.6. The molecule has 1 N–H and O–H groups in total. The van der Waals surface area contributed by atoms with Gasteiger partial charge in [0, 0.05) is 29.2 Å². The van der Waals surface area contributed by atoms with E-state index in [1.165, 1.54) is 11.9 Å². The summed E-state index contributed by atoms with van der Waals surface area (Å²) in [4.78, 5) is 27.5. The number of hydrogen-bond acceptors (Lipinski definition) is 4. The Morgan fingerprint density at radius 3 is 2.03 bits per heavy atom. The predicted molar refractivity (Wildman–Crippen MR) is 138 cm³/mol. The van der Waals surface area contributed by atoms with Crippen LogP contribution < -0.4 is 9.62 Å². The van der Waals surface area contributed by atoms with E-state index in [4.69, 9.17) is 23.2 Å². The average Bonchev–Trinajstić information content (AvgIpc) is 2.78. The normalized spacial score (nSPS) is 12.4. The fraction of sp³-hybridized carbons (Fsp3) is 0.417. The lowest BCUT2D eigenvalue weighted by Crippen LogP contribution is -2.51. The molecule has 7 nitrogen and oxygen atoms in total. The average molecular weight is 529 g/mol. The number of rotatable bonds is 10.